The van der Waals surface area contributed by atoms with E-state index in [9.17, 15) is 4.79 Å². The van der Waals surface area contributed by atoms with E-state index >= 15 is 0 Å². The van der Waals surface area contributed by atoms with Crippen LogP contribution < -0.4 is 16.2 Å². The zero-order chi connectivity index (χ0) is 18.5. The lowest BCUT2D eigenvalue weighted by Crippen LogP contribution is -2.45. The first kappa shape index (κ1) is 17.6. The van der Waals surface area contributed by atoms with Crippen LogP contribution in [0.4, 0.5) is 5.82 Å². The topological polar surface area (TPSA) is 75.1 Å². The van der Waals surface area contributed by atoms with Crippen molar-refractivity contribution in [2.24, 2.45) is 18.2 Å². The number of halogens is 1. The molecular formula is C20H21IN4O. The Bertz CT molecular complexity index is 967. The summed E-state index contributed by atoms with van der Waals surface area (Å²) in [6.07, 6.45) is 2.96. The third-order valence-electron chi connectivity index (χ3n) is 6.13. The van der Waals surface area contributed by atoms with Gasteiger partial charge in [0, 0.05) is 26.2 Å². The molecule has 0 bridgehead atoms. The molecule has 0 amide bonds. The number of hydrogen-bond acceptors (Lipinski definition) is 4. The Morgan fingerprint density at radius 3 is 2.69 bits per heavy atom. The summed E-state index contributed by atoms with van der Waals surface area (Å²) < 4.78 is 2.48. The van der Waals surface area contributed by atoms with Gasteiger partial charge in [-0.1, -0.05) is 6.07 Å². The molecule has 1 spiro atoms. The van der Waals surface area contributed by atoms with Crippen LogP contribution in [0.15, 0.2) is 35.1 Å². The van der Waals surface area contributed by atoms with E-state index in [1.807, 2.05) is 31.3 Å². The molecule has 134 valence electrons. The van der Waals surface area contributed by atoms with Crippen molar-refractivity contribution in [3.63, 3.8) is 0 Å². The lowest BCUT2D eigenvalue weighted by molar-refractivity contribution is 0.187. The van der Waals surface area contributed by atoms with Crippen molar-refractivity contribution >= 4 is 28.4 Å². The fraction of sp³-hybridized carbons (Fsp3) is 0.400. The van der Waals surface area contributed by atoms with E-state index in [0.717, 1.165) is 47.3 Å². The van der Waals surface area contributed by atoms with Crippen LogP contribution in [-0.2, 0) is 13.5 Å². The van der Waals surface area contributed by atoms with Crippen molar-refractivity contribution in [2.75, 3.05) is 18.0 Å². The highest BCUT2D eigenvalue weighted by molar-refractivity contribution is 14.1. The van der Waals surface area contributed by atoms with Gasteiger partial charge < -0.3 is 10.6 Å². The zero-order valence-electron chi connectivity index (χ0n) is 14.7. The summed E-state index contributed by atoms with van der Waals surface area (Å²) in [5.74, 6) is 0.973. The molecule has 2 aromatic rings. The molecule has 2 aliphatic rings. The van der Waals surface area contributed by atoms with E-state index in [0.29, 0.717) is 5.56 Å². The normalized spacial score (nSPS) is 20.8. The summed E-state index contributed by atoms with van der Waals surface area (Å²) in [4.78, 5) is 14.5. The van der Waals surface area contributed by atoms with Gasteiger partial charge in [0.2, 0.25) is 0 Å². The molecule has 26 heavy (non-hydrogen) atoms. The molecule has 1 atom stereocenters. The molecule has 4 rings (SSSR count). The van der Waals surface area contributed by atoms with Gasteiger partial charge in [0.25, 0.3) is 5.56 Å². The van der Waals surface area contributed by atoms with Crippen LogP contribution in [0.1, 0.15) is 35.6 Å². The monoisotopic (exact) mass is 460 g/mol. The minimum atomic E-state index is -0.0199. The maximum Gasteiger partial charge on any atom is 0.265 e. The number of pyridine rings is 1. The standard InChI is InChI=1S/C20H21IN4O/c1-24-17(5-4-16(21)19(24)26)25-8-6-20(7-9-25)11-14-3-2-13(12-22)10-15(14)18(20)23/h2-5,10,18H,6-9,11,23H2,1H3/t18-/m1/s1. The molecular weight excluding hydrogens is 439 g/mol. The molecule has 6 heteroatoms. The van der Waals surface area contributed by atoms with Gasteiger partial charge in [0.05, 0.1) is 15.2 Å². The summed E-state index contributed by atoms with van der Waals surface area (Å²) >= 11 is 2.08. The second kappa shape index (κ2) is 6.39. The van der Waals surface area contributed by atoms with E-state index in [-0.39, 0.29) is 17.0 Å². The molecule has 1 aromatic heterocycles. The maximum atomic E-state index is 12.2. The molecule has 1 saturated heterocycles. The molecule has 0 unspecified atom stereocenters. The van der Waals surface area contributed by atoms with Crippen molar-refractivity contribution in [3.05, 3.63) is 60.9 Å². The Labute approximate surface area is 166 Å². The van der Waals surface area contributed by atoms with Crippen LogP contribution in [-0.4, -0.2) is 17.7 Å². The number of rotatable bonds is 1. The van der Waals surface area contributed by atoms with E-state index < -0.39 is 0 Å². The minimum absolute atomic E-state index is 0.0199. The van der Waals surface area contributed by atoms with Gasteiger partial charge in [-0.25, -0.2) is 0 Å². The average Bonchev–Trinajstić information content (AvgIpc) is 2.92. The van der Waals surface area contributed by atoms with Gasteiger partial charge in [-0.15, -0.1) is 0 Å². The fourth-order valence-corrected chi connectivity index (χ4v) is 5.06. The van der Waals surface area contributed by atoms with Gasteiger partial charge in [0.15, 0.2) is 0 Å². The first-order chi connectivity index (χ1) is 12.4. The van der Waals surface area contributed by atoms with Crippen LogP contribution in [0, 0.1) is 20.3 Å². The van der Waals surface area contributed by atoms with Crippen molar-refractivity contribution in [3.8, 4) is 6.07 Å². The predicted octanol–water partition coefficient (Wildman–Crippen LogP) is 2.70. The molecule has 0 saturated carbocycles. The minimum Gasteiger partial charge on any atom is -0.358 e. The molecule has 1 fully saturated rings. The highest BCUT2D eigenvalue weighted by Crippen LogP contribution is 2.51. The SMILES string of the molecule is Cn1c(N2CCC3(CC2)Cc2ccc(C#N)cc2[C@H]3N)ccc(I)c1=O. The molecule has 0 radical (unpaired) electrons. The number of nitriles is 1. The summed E-state index contributed by atoms with van der Waals surface area (Å²) in [5, 5.41) is 9.16. The lowest BCUT2D eigenvalue weighted by atomic mass is 9.73. The van der Waals surface area contributed by atoms with Crippen molar-refractivity contribution in [1.82, 2.24) is 4.57 Å². The molecule has 5 nitrogen and oxygen atoms in total. The summed E-state index contributed by atoms with van der Waals surface area (Å²) in [7, 11) is 1.84. The quantitative estimate of drug-likeness (QED) is 0.665. The van der Waals surface area contributed by atoms with Crippen molar-refractivity contribution < 1.29 is 0 Å². The Kier molecular flexibility index (Phi) is 4.32. The van der Waals surface area contributed by atoms with Crippen LogP contribution in [0.25, 0.3) is 0 Å². The number of nitrogens with two attached hydrogens (primary N) is 1. The highest BCUT2D eigenvalue weighted by atomic mass is 127. The predicted molar refractivity (Wildman–Crippen MR) is 110 cm³/mol. The van der Waals surface area contributed by atoms with E-state index in [4.69, 9.17) is 11.0 Å². The number of nitrogens with zero attached hydrogens (tertiary/aromatic N) is 3. The Morgan fingerprint density at radius 2 is 2.00 bits per heavy atom. The summed E-state index contributed by atoms with van der Waals surface area (Å²) in [5.41, 5.74) is 9.88. The highest BCUT2D eigenvalue weighted by Gasteiger charge is 2.46. The molecule has 1 aromatic carbocycles. The van der Waals surface area contributed by atoms with Gasteiger partial charge in [-0.3, -0.25) is 9.36 Å². The molecule has 1 aliphatic carbocycles. The van der Waals surface area contributed by atoms with Crippen LogP contribution in [0.5, 0.6) is 0 Å². The molecule has 2 heterocycles. The number of piperidine rings is 1. The third kappa shape index (κ3) is 2.65. The summed E-state index contributed by atoms with van der Waals surface area (Å²) in [6, 6.07) is 12.0. The van der Waals surface area contributed by atoms with Crippen LogP contribution >= 0.6 is 22.6 Å². The first-order valence-corrected chi connectivity index (χ1v) is 9.92. The van der Waals surface area contributed by atoms with E-state index in [1.54, 1.807) is 4.57 Å². The maximum absolute atomic E-state index is 12.2. The third-order valence-corrected chi connectivity index (χ3v) is 6.95. The van der Waals surface area contributed by atoms with Crippen molar-refractivity contribution in [1.29, 1.82) is 5.26 Å². The Morgan fingerprint density at radius 1 is 1.27 bits per heavy atom. The van der Waals surface area contributed by atoms with Gasteiger partial charge in [-0.05, 0) is 82.7 Å². The van der Waals surface area contributed by atoms with Crippen LogP contribution in [0.2, 0.25) is 0 Å². The average molecular weight is 460 g/mol. The first-order valence-electron chi connectivity index (χ1n) is 8.84. The Balaban J connectivity index is 1.57. The van der Waals surface area contributed by atoms with Gasteiger partial charge in [-0.2, -0.15) is 5.26 Å². The van der Waals surface area contributed by atoms with Crippen LogP contribution in [0.3, 0.4) is 0 Å². The number of aromatic nitrogens is 1. The van der Waals surface area contributed by atoms with Gasteiger partial charge >= 0.3 is 0 Å². The van der Waals surface area contributed by atoms with E-state index in [1.165, 1.54) is 5.56 Å². The molecule has 1 aliphatic heterocycles. The number of fused-ring (bicyclic) bond motifs is 1. The van der Waals surface area contributed by atoms with E-state index in [2.05, 4.69) is 39.6 Å². The lowest BCUT2D eigenvalue weighted by Gasteiger charge is -2.43. The number of hydrogen-bond donors (Lipinski definition) is 1. The smallest absolute Gasteiger partial charge is 0.265 e. The number of benzene rings is 1. The second-order valence-electron chi connectivity index (χ2n) is 7.43. The zero-order valence-corrected chi connectivity index (χ0v) is 16.9. The van der Waals surface area contributed by atoms with Crippen molar-refractivity contribution in [2.45, 2.75) is 25.3 Å². The fourth-order valence-electron chi connectivity index (χ4n) is 4.52. The second-order valence-corrected chi connectivity index (χ2v) is 8.60. The number of anilines is 1. The largest absolute Gasteiger partial charge is 0.358 e. The Hall–Kier alpha value is -1.85. The summed E-state index contributed by atoms with van der Waals surface area (Å²) in [6.45, 7) is 1.78. The van der Waals surface area contributed by atoms with Gasteiger partial charge in [0.1, 0.15) is 5.82 Å². The molecule has 2 N–H and O–H groups in total.